The maximum atomic E-state index is 13.9. The number of rotatable bonds is 5. The van der Waals surface area contributed by atoms with E-state index in [4.69, 9.17) is 9.47 Å². The molecule has 0 aromatic heterocycles. The van der Waals surface area contributed by atoms with Crippen LogP contribution in [0.4, 0.5) is 4.39 Å². The van der Waals surface area contributed by atoms with Gasteiger partial charge < -0.3 is 20.1 Å². The Morgan fingerprint density at radius 2 is 2.07 bits per heavy atom. The Labute approximate surface area is 188 Å². The molecule has 1 heterocycles. The molecule has 156 valence electrons. The van der Waals surface area contributed by atoms with Gasteiger partial charge in [-0.05, 0) is 43.0 Å². The predicted octanol–water partition coefficient (Wildman–Crippen LogP) is 4.10. The zero-order valence-electron chi connectivity index (χ0n) is 16.5. The van der Waals surface area contributed by atoms with Gasteiger partial charge in [0.05, 0.1) is 13.2 Å². The monoisotopic (exact) mass is 511 g/mol. The fourth-order valence-electron chi connectivity index (χ4n) is 3.96. The third-order valence-electron chi connectivity index (χ3n) is 5.28. The maximum absolute atomic E-state index is 13.9. The number of benzene rings is 2. The highest BCUT2D eigenvalue weighted by atomic mass is 127. The Balaban J connectivity index is 0.00000240. The van der Waals surface area contributed by atoms with Crippen molar-refractivity contribution in [1.82, 2.24) is 10.6 Å². The minimum atomic E-state index is -0.293. The molecule has 0 amide bonds. The molecule has 7 heteroatoms. The molecule has 1 aliphatic carbocycles. The first-order chi connectivity index (χ1) is 13.7. The number of hydrogen-bond donors (Lipinski definition) is 2. The van der Waals surface area contributed by atoms with Crippen molar-refractivity contribution in [3.63, 3.8) is 0 Å². The molecule has 0 saturated heterocycles. The molecule has 1 atom stereocenters. The quantitative estimate of drug-likeness (QED) is 0.361. The average Bonchev–Trinajstić information content (AvgIpc) is 3.13. The number of aliphatic imine (C=N–C) groups is 1. The molecule has 4 rings (SSSR count). The standard InChI is InChI=1S/C22H26FN3O2.HI/c1-2-24-22(25-11-16-8-7-15-5-3-4-6-20(15)16)26-12-17-9-19(23)10-18-13-27-14-28-21(17)18;/h3-6,9-10,16H,2,7-8,11-14H2,1H3,(H2,24,25,26);1H. The second-order valence-corrected chi connectivity index (χ2v) is 7.17. The van der Waals surface area contributed by atoms with Gasteiger partial charge in [-0.25, -0.2) is 9.38 Å². The summed E-state index contributed by atoms with van der Waals surface area (Å²) in [7, 11) is 0. The summed E-state index contributed by atoms with van der Waals surface area (Å²) in [6.45, 7) is 4.52. The van der Waals surface area contributed by atoms with E-state index in [1.54, 1.807) is 0 Å². The van der Waals surface area contributed by atoms with Crippen molar-refractivity contribution < 1.29 is 13.9 Å². The molecule has 0 fully saturated rings. The van der Waals surface area contributed by atoms with Gasteiger partial charge in [0.1, 0.15) is 11.6 Å². The summed E-state index contributed by atoms with van der Waals surface area (Å²) in [5.74, 6) is 1.62. The highest BCUT2D eigenvalue weighted by Gasteiger charge is 2.22. The summed E-state index contributed by atoms with van der Waals surface area (Å²) in [5.41, 5.74) is 4.35. The first-order valence-electron chi connectivity index (χ1n) is 9.86. The molecular formula is C22H27FIN3O2. The minimum absolute atomic E-state index is 0. The van der Waals surface area contributed by atoms with Crippen LogP contribution in [0.2, 0.25) is 0 Å². The van der Waals surface area contributed by atoms with Crippen molar-refractivity contribution in [1.29, 1.82) is 0 Å². The van der Waals surface area contributed by atoms with Gasteiger partial charge in [-0.1, -0.05) is 24.3 Å². The lowest BCUT2D eigenvalue weighted by Crippen LogP contribution is -2.39. The van der Waals surface area contributed by atoms with Crippen LogP contribution >= 0.6 is 24.0 Å². The van der Waals surface area contributed by atoms with E-state index >= 15 is 0 Å². The van der Waals surface area contributed by atoms with E-state index in [1.165, 1.54) is 23.3 Å². The molecular weight excluding hydrogens is 484 g/mol. The van der Waals surface area contributed by atoms with Crippen LogP contribution in [0.5, 0.6) is 5.75 Å². The molecule has 0 spiro atoms. The van der Waals surface area contributed by atoms with Crippen LogP contribution in [0.3, 0.4) is 0 Å². The predicted molar refractivity (Wildman–Crippen MR) is 122 cm³/mol. The summed E-state index contributed by atoms with van der Waals surface area (Å²) in [6, 6.07) is 11.6. The molecule has 2 aromatic carbocycles. The maximum Gasteiger partial charge on any atom is 0.191 e. The summed E-state index contributed by atoms with van der Waals surface area (Å²) in [5, 5.41) is 6.72. The van der Waals surface area contributed by atoms with Crippen LogP contribution in [0.15, 0.2) is 41.4 Å². The van der Waals surface area contributed by atoms with Gasteiger partial charge in [-0.3, -0.25) is 0 Å². The van der Waals surface area contributed by atoms with E-state index in [-0.39, 0.29) is 36.6 Å². The van der Waals surface area contributed by atoms with Gasteiger partial charge in [0.2, 0.25) is 0 Å². The SMILES string of the molecule is CCNC(=NCc1cc(F)cc2c1OCOC2)NCC1CCc2ccccc21.I. The van der Waals surface area contributed by atoms with Crippen molar-refractivity contribution in [2.24, 2.45) is 4.99 Å². The van der Waals surface area contributed by atoms with E-state index in [2.05, 4.69) is 39.9 Å². The lowest BCUT2D eigenvalue weighted by Gasteiger charge is -2.20. The van der Waals surface area contributed by atoms with Gasteiger partial charge in [-0.2, -0.15) is 0 Å². The lowest BCUT2D eigenvalue weighted by atomic mass is 10.0. The Kier molecular flexibility index (Phi) is 7.71. The van der Waals surface area contributed by atoms with Crippen molar-refractivity contribution in [3.8, 4) is 5.75 Å². The topological polar surface area (TPSA) is 54.9 Å². The van der Waals surface area contributed by atoms with Crippen molar-refractivity contribution in [3.05, 3.63) is 64.5 Å². The van der Waals surface area contributed by atoms with E-state index in [9.17, 15) is 4.39 Å². The fourth-order valence-corrected chi connectivity index (χ4v) is 3.96. The minimum Gasteiger partial charge on any atom is -0.467 e. The average molecular weight is 511 g/mol. The van der Waals surface area contributed by atoms with Crippen molar-refractivity contribution >= 4 is 29.9 Å². The number of hydrogen-bond acceptors (Lipinski definition) is 3. The van der Waals surface area contributed by atoms with Crippen molar-refractivity contribution in [2.75, 3.05) is 19.9 Å². The number of nitrogens with zero attached hydrogens (tertiary/aromatic N) is 1. The fraction of sp³-hybridized carbons (Fsp3) is 0.409. The highest BCUT2D eigenvalue weighted by Crippen LogP contribution is 2.32. The van der Waals surface area contributed by atoms with Crippen LogP contribution in [-0.2, 0) is 24.3 Å². The van der Waals surface area contributed by atoms with E-state index < -0.39 is 0 Å². The highest BCUT2D eigenvalue weighted by molar-refractivity contribution is 14.0. The van der Waals surface area contributed by atoms with Crippen LogP contribution < -0.4 is 15.4 Å². The zero-order chi connectivity index (χ0) is 19.3. The van der Waals surface area contributed by atoms with Crippen molar-refractivity contribution in [2.45, 2.75) is 38.8 Å². The number of ether oxygens (including phenoxy) is 2. The van der Waals surface area contributed by atoms with Gasteiger partial charge in [0.25, 0.3) is 0 Å². The van der Waals surface area contributed by atoms with Crippen LogP contribution in [0, 0.1) is 5.82 Å². The molecule has 0 saturated carbocycles. The molecule has 1 aliphatic heterocycles. The van der Waals surface area contributed by atoms with Gasteiger partial charge >= 0.3 is 0 Å². The number of aryl methyl sites for hydroxylation is 1. The molecule has 2 N–H and O–H groups in total. The molecule has 2 aliphatic rings. The second-order valence-electron chi connectivity index (χ2n) is 7.17. The summed E-state index contributed by atoms with van der Waals surface area (Å²) in [4.78, 5) is 4.66. The molecule has 29 heavy (non-hydrogen) atoms. The first-order valence-corrected chi connectivity index (χ1v) is 9.86. The van der Waals surface area contributed by atoms with E-state index in [0.29, 0.717) is 24.8 Å². The van der Waals surface area contributed by atoms with Crippen LogP contribution in [-0.4, -0.2) is 25.8 Å². The number of halogens is 2. The summed E-state index contributed by atoms with van der Waals surface area (Å²) < 4.78 is 24.8. The molecule has 1 unspecified atom stereocenters. The summed E-state index contributed by atoms with van der Waals surface area (Å²) >= 11 is 0. The Morgan fingerprint density at radius 1 is 1.21 bits per heavy atom. The smallest absolute Gasteiger partial charge is 0.191 e. The summed E-state index contributed by atoms with van der Waals surface area (Å²) in [6.07, 6.45) is 2.28. The van der Waals surface area contributed by atoms with Crippen LogP contribution in [0.1, 0.15) is 41.5 Å². The Bertz CT molecular complexity index is 875. The lowest BCUT2D eigenvalue weighted by molar-refractivity contribution is -0.0172. The number of guanidine groups is 1. The number of fused-ring (bicyclic) bond motifs is 2. The largest absolute Gasteiger partial charge is 0.467 e. The molecule has 5 nitrogen and oxygen atoms in total. The second kappa shape index (κ2) is 10.2. The Morgan fingerprint density at radius 3 is 2.93 bits per heavy atom. The van der Waals surface area contributed by atoms with Gasteiger partial charge in [0.15, 0.2) is 12.8 Å². The van der Waals surface area contributed by atoms with Crippen LogP contribution in [0.25, 0.3) is 0 Å². The van der Waals surface area contributed by atoms with Gasteiger partial charge in [0, 0.05) is 30.1 Å². The molecule has 2 aromatic rings. The van der Waals surface area contributed by atoms with E-state index in [0.717, 1.165) is 43.0 Å². The number of nitrogens with one attached hydrogen (secondary N) is 2. The molecule has 0 radical (unpaired) electrons. The van der Waals surface area contributed by atoms with Gasteiger partial charge in [-0.15, -0.1) is 24.0 Å². The third-order valence-corrected chi connectivity index (χ3v) is 5.28. The third kappa shape index (κ3) is 5.19. The zero-order valence-corrected chi connectivity index (χ0v) is 18.9. The molecule has 0 bridgehead atoms. The first kappa shape index (κ1) is 21.8. The van der Waals surface area contributed by atoms with E-state index in [1.807, 2.05) is 6.92 Å². The normalized spacial score (nSPS) is 17.6. The Hall–Kier alpha value is -1.87.